The largest absolute Gasteiger partial charge is 0.456 e. The normalized spacial score (nSPS) is 10.2. The quantitative estimate of drug-likeness (QED) is 0.818. The number of hydrogen-bond acceptors (Lipinski definition) is 3. The van der Waals surface area contributed by atoms with E-state index in [0.717, 1.165) is 16.4 Å². The number of thioether (sulfide) groups is 1. The fourth-order valence-electron chi connectivity index (χ4n) is 1.42. The van der Waals surface area contributed by atoms with Gasteiger partial charge in [0, 0.05) is 5.75 Å². The molecule has 0 saturated carbocycles. The van der Waals surface area contributed by atoms with Crippen LogP contribution in [0.15, 0.2) is 59.5 Å². The third-order valence-electron chi connectivity index (χ3n) is 2.17. The van der Waals surface area contributed by atoms with Crippen molar-refractivity contribution in [3.05, 3.63) is 54.6 Å². The van der Waals surface area contributed by atoms with E-state index in [2.05, 4.69) is 0 Å². The van der Waals surface area contributed by atoms with E-state index in [9.17, 15) is 0 Å². The van der Waals surface area contributed by atoms with Crippen LogP contribution in [0.3, 0.4) is 0 Å². The summed E-state index contributed by atoms with van der Waals surface area (Å²) < 4.78 is 5.80. The maximum Gasteiger partial charge on any atom is 0.140 e. The van der Waals surface area contributed by atoms with E-state index >= 15 is 0 Å². The summed E-state index contributed by atoms with van der Waals surface area (Å²) in [5.41, 5.74) is 0. The molecule has 0 radical (unpaired) electrons. The van der Waals surface area contributed by atoms with Crippen molar-refractivity contribution >= 4 is 11.8 Å². The zero-order valence-corrected chi connectivity index (χ0v) is 10.2. The number of aliphatic hydroxyl groups is 1. The molecular weight excluding hydrogens is 232 g/mol. The molecule has 2 aromatic rings. The fraction of sp³-hybridized carbons (Fsp3) is 0.143. The number of ether oxygens (including phenoxy) is 1. The second-order valence-electron chi connectivity index (χ2n) is 3.43. The Kier molecular flexibility index (Phi) is 4.47. The Bertz CT molecular complexity index is 457. The topological polar surface area (TPSA) is 29.5 Å². The minimum Gasteiger partial charge on any atom is -0.456 e. The van der Waals surface area contributed by atoms with Gasteiger partial charge in [-0.05, 0) is 24.3 Å². The molecule has 88 valence electrons. The molecule has 1 N–H and O–H groups in total. The first-order chi connectivity index (χ1) is 8.40. The Hall–Kier alpha value is -1.45. The summed E-state index contributed by atoms with van der Waals surface area (Å²) in [7, 11) is 0. The van der Waals surface area contributed by atoms with Crippen molar-refractivity contribution in [3.63, 3.8) is 0 Å². The van der Waals surface area contributed by atoms with Gasteiger partial charge in [0.05, 0.1) is 11.5 Å². The minimum absolute atomic E-state index is 0.171. The summed E-state index contributed by atoms with van der Waals surface area (Å²) in [5.74, 6) is 2.33. The van der Waals surface area contributed by atoms with Gasteiger partial charge in [-0.25, -0.2) is 0 Å². The molecule has 0 heterocycles. The molecule has 2 aromatic carbocycles. The molecular formula is C14H14O2S. The first-order valence-corrected chi connectivity index (χ1v) is 6.44. The summed E-state index contributed by atoms with van der Waals surface area (Å²) in [6, 6.07) is 17.5. The molecule has 2 rings (SSSR count). The van der Waals surface area contributed by atoms with Crippen molar-refractivity contribution in [2.75, 3.05) is 12.4 Å². The van der Waals surface area contributed by atoms with Crippen LogP contribution in [0.2, 0.25) is 0 Å². The van der Waals surface area contributed by atoms with Crippen LogP contribution in [0.1, 0.15) is 0 Å². The van der Waals surface area contributed by atoms with E-state index < -0.39 is 0 Å². The number of hydrogen-bond donors (Lipinski definition) is 1. The van der Waals surface area contributed by atoms with Crippen molar-refractivity contribution < 1.29 is 9.84 Å². The van der Waals surface area contributed by atoms with Gasteiger partial charge in [-0.3, -0.25) is 0 Å². The van der Waals surface area contributed by atoms with Crippen LogP contribution in [-0.2, 0) is 0 Å². The fourth-order valence-corrected chi connectivity index (χ4v) is 2.16. The molecule has 0 unspecified atom stereocenters. The van der Waals surface area contributed by atoms with Crippen LogP contribution >= 0.6 is 11.8 Å². The summed E-state index contributed by atoms with van der Waals surface area (Å²) in [6.07, 6.45) is 0. The van der Waals surface area contributed by atoms with Crippen molar-refractivity contribution in [2.24, 2.45) is 0 Å². The Morgan fingerprint density at radius 2 is 1.65 bits per heavy atom. The van der Waals surface area contributed by atoms with E-state index in [-0.39, 0.29) is 6.61 Å². The predicted molar refractivity (Wildman–Crippen MR) is 70.8 cm³/mol. The van der Waals surface area contributed by atoms with Gasteiger partial charge in [-0.1, -0.05) is 30.3 Å². The molecule has 3 heteroatoms. The lowest BCUT2D eigenvalue weighted by atomic mass is 10.3. The minimum atomic E-state index is 0.171. The highest BCUT2D eigenvalue weighted by Gasteiger charge is 2.04. The third kappa shape index (κ3) is 3.51. The summed E-state index contributed by atoms with van der Waals surface area (Å²) in [4.78, 5) is 1.05. The average Bonchev–Trinajstić information content (AvgIpc) is 2.39. The van der Waals surface area contributed by atoms with Crippen molar-refractivity contribution in [1.82, 2.24) is 0 Å². The first kappa shape index (κ1) is 12.0. The number of rotatable bonds is 5. The molecule has 0 aromatic heterocycles. The molecule has 2 nitrogen and oxygen atoms in total. The molecule has 0 atom stereocenters. The summed E-state index contributed by atoms with van der Waals surface area (Å²) in [5, 5.41) is 8.85. The van der Waals surface area contributed by atoms with Gasteiger partial charge in [-0.2, -0.15) is 0 Å². The second-order valence-corrected chi connectivity index (χ2v) is 4.57. The van der Waals surface area contributed by atoms with Crippen molar-refractivity contribution in [3.8, 4) is 11.5 Å². The molecule has 0 aliphatic heterocycles. The summed E-state index contributed by atoms with van der Waals surface area (Å²) in [6.45, 7) is 0.171. The maximum atomic E-state index is 8.85. The number of benzene rings is 2. The van der Waals surface area contributed by atoms with E-state index in [4.69, 9.17) is 9.84 Å². The molecule has 0 aliphatic carbocycles. The van der Waals surface area contributed by atoms with Gasteiger partial charge in [0.25, 0.3) is 0 Å². The zero-order chi connectivity index (χ0) is 11.9. The van der Waals surface area contributed by atoms with Gasteiger partial charge < -0.3 is 9.84 Å². The lowest BCUT2D eigenvalue weighted by molar-refractivity contribution is 0.322. The summed E-state index contributed by atoms with van der Waals surface area (Å²) >= 11 is 1.59. The zero-order valence-electron chi connectivity index (χ0n) is 9.37. The predicted octanol–water partition coefficient (Wildman–Crippen LogP) is 3.56. The second kappa shape index (κ2) is 6.33. The monoisotopic (exact) mass is 246 g/mol. The highest BCUT2D eigenvalue weighted by atomic mass is 32.2. The van der Waals surface area contributed by atoms with Gasteiger partial charge in [0.2, 0.25) is 0 Å². The molecule has 0 bridgehead atoms. The standard InChI is InChI=1S/C14H14O2S/c15-10-11-17-14-9-5-4-8-13(14)16-12-6-2-1-3-7-12/h1-9,15H,10-11H2. The smallest absolute Gasteiger partial charge is 0.140 e. The highest BCUT2D eigenvalue weighted by Crippen LogP contribution is 2.32. The first-order valence-electron chi connectivity index (χ1n) is 5.46. The molecule has 0 saturated heterocycles. The Morgan fingerprint density at radius 3 is 2.41 bits per heavy atom. The molecule has 17 heavy (non-hydrogen) atoms. The third-order valence-corrected chi connectivity index (χ3v) is 3.20. The van der Waals surface area contributed by atoms with E-state index in [1.54, 1.807) is 11.8 Å². The van der Waals surface area contributed by atoms with Gasteiger partial charge in [0.15, 0.2) is 0 Å². The van der Waals surface area contributed by atoms with Crippen LogP contribution in [0, 0.1) is 0 Å². The number of para-hydroxylation sites is 2. The van der Waals surface area contributed by atoms with Crippen LogP contribution in [0.4, 0.5) is 0 Å². The number of aliphatic hydroxyl groups excluding tert-OH is 1. The SMILES string of the molecule is OCCSc1ccccc1Oc1ccccc1. The lowest BCUT2D eigenvalue weighted by Crippen LogP contribution is -1.89. The van der Waals surface area contributed by atoms with Gasteiger partial charge >= 0.3 is 0 Å². The van der Waals surface area contributed by atoms with Crippen LogP contribution in [-0.4, -0.2) is 17.5 Å². The van der Waals surface area contributed by atoms with E-state index in [1.807, 2.05) is 54.6 Å². The highest BCUT2D eigenvalue weighted by molar-refractivity contribution is 7.99. The molecule has 0 fully saturated rings. The van der Waals surface area contributed by atoms with Gasteiger partial charge in [-0.15, -0.1) is 11.8 Å². The Morgan fingerprint density at radius 1 is 0.941 bits per heavy atom. The maximum absolute atomic E-state index is 8.85. The van der Waals surface area contributed by atoms with Crippen LogP contribution < -0.4 is 4.74 Å². The van der Waals surface area contributed by atoms with E-state index in [1.165, 1.54) is 0 Å². The Balaban J connectivity index is 2.15. The van der Waals surface area contributed by atoms with Crippen LogP contribution in [0.25, 0.3) is 0 Å². The lowest BCUT2D eigenvalue weighted by Gasteiger charge is -2.09. The van der Waals surface area contributed by atoms with Crippen molar-refractivity contribution in [2.45, 2.75) is 4.90 Å². The molecule has 0 spiro atoms. The van der Waals surface area contributed by atoms with Gasteiger partial charge in [0.1, 0.15) is 11.5 Å². The average molecular weight is 246 g/mol. The molecule has 0 amide bonds. The Labute approximate surface area is 105 Å². The van der Waals surface area contributed by atoms with Crippen molar-refractivity contribution in [1.29, 1.82) is 0 Å². The van der Waals surface area contributed by atoms with E-state index in [0.29, 0.717) is 5.75 Å². The van der Waals surface area contributed by atoms with Crippen LogP contribution in [0.5, 0.6) is 11.5 Å². The molecule has 0 aliphatic rings.